The third kappa shape index (κ3) is 36.5. The van der Waals surface area contributed by atoms with Gasteiger partial charge in [0.15, 0.2) is 0 Å². The number of rotatable bonds is 39. The zero-order chi connectivity index (χ0) is 39.6. The van der Waals surface area contributed by atoms with Gasteiger partial charge >= 0.3 is 5.97 Å². The highest BCUT2D eigenvalue weighted by molar-refractivity contribution is 5.78. The average molecular weight is 756 g/mol. The molecule has 0 bridgehead atoms. The van der Waals surface area contributed by atoms with E-state index in [0.29, 0.717) is 19.3 Å². The fourth-order valence-corrected chi connectivity index (χ4v) is 6.41. The maximum atomic E-state index is 13.1. The molecular weight excluding hydrogens is 671 g/mol. The van der Waals surface area contributed by atoms with Crippen molar-refractivity contribution in [2.45, 2.75) is 225 Å². The molecule has 0 saturated carbocycles. The SMILES string of the molecule is CC/C=C/C/C=C/C/C=C/CCCCCCC(=O)OC(/C=C/C/C=C\CCCCCCCC)CC(=O)NC(CO)C(O)CCCCCCCCCCCC. The van der Waals surface area contributed by atoms with Gasteiger partial charge < -0.3 is 20.3 Å². The Hall–Kier alpha value is -2.44. The molecule has 6 heteroatoms. The smallest absolute Gasteiger partial charge is 0.306 e. The van der Waals surface area contributed by atoms with Crippen molar-refractivity contribution in [3.05, 3.63) is 60.8 Å². The number of aliphatic hydroxyl groups excluding tert-OH is 2. The van der Waals surface area contributed by atoms with Crippen LogP contribution in [0.3, 0.4) is 0 Å². The molecule has 0 radical (unpaired) electrons. The van der Waals surface area contributed by atoms with E-state index < -0.39 is 18.2 Å². The largest absolute Gasteiger partial charge is 0.458 e. The van der Waals surface area contributed by atoms with Crippen LogP contribution >= 0.6 is 0 Å². The van der Waals surface area contributed by atoms with Crippen LogP contribution in [0.4, 0.5) is 0 Å². The summed E-state index contributed by atoms with van der Waals surface area (Å²) in [5.41, 5.74) is 0. The van der Waals surface area contributed by atoms with Crippen LogP contribution in [0.5, 0.6) is 0 Å². The molecule has 3 N–H and O–H groups in total. The number of aliphatic hydroxyl groups is 2. The molecule has 0 saturated heterocycles. The lowest BCUT2D eigenvalue weighted by molar-refractivity contribution is -0.148. The number of carbonyl (C=O) groups excluding carboxylic acids is 2. The molecule has 0 heterocycles. The minimum Gasteiger partial charge on any atom is -0.458 e. The first kappa shape index (κ1) is 51.6. The van der Waals surface area contributed by atoms with E-state index in [9.17, 15) is 19.8 Å². The Balaban J connectivity index is 4.73. The maximum absolute atomic E-state index is 13.1. The Morgan fingerprint density at radius 2 is 1.04 bits per heavy atom. The lowest BCUT2D eigenvalue weighted by atomic mass is 10.0. The summed E-state index contributed by atoms with van der Waals surface area (Å²) in [7, 11) is 0. The first-order chi connectivity index (χ1) is 26.5. The van der Waals surface area contributed by atoms with Crippen LogP contribution in [0.1, 0.15) is 207 Å². The van der Waals surface area contributed by atoms with Crippen molar-refractivity contribution < 1.29 is 24.5 Å². The molecule has 0 aromatic rings. The molecule has 3 unspecified atom stereocenters. The fourth-order valence-electron chi connectivity index (χ4n) is 6.41. The van der Waals surface area contributed by atoms with E-state index >= 15 is 0 Å². The molecule has 0 fully saturated rings. The predicted molar refractivity (Wildman–Crippen MR) is 232 cm³/mol. The zero-order valence-corrected chi connectivity index (χ0v) is 35.3. The Kier molecular flexibility index (Phi) is 39.8. The molecule has 0 aliphatic carbocycles. The van der Waals surface area contributed by atoms with Gasteiger partial charge in [-0.3, -0.25) is 9.59 Å². The topological polar surface area (TPSA) is 95.9 Å². The molecule has 3 atom stereocenters. The second-order valence-corrected chi connectivity index (χ2v) is 15.1. The minimum absolute atomic E-state index is 0.0395. The Labute approximate surface area is 333 Å². The summed E-state index contributed by atoms with van der Waals surface area (Å²) < 4.78 is 5.78. The van der Waals surface area contributed by atoms with E-state index in [-0.39, 0.29) is 24.9 Å². The first-order valence-corrected chi connectivity index (χ1v) is 22.5. The molecule has 0 aromatic heterocycles. The summed E-state index contributed by atoms with van der Waals surface area (Å²) >= 11 is 0. The second kappa shape index (κ2) is 41.7. The van der Waals surface area contributed by atoms with E-state index in [2.05, 4.69) is 74.7 Å². The Bertz CT molecular complexity index is 984. The van der Waals surface area contributed by atoms with Gasteiger partial charge in [-0.2, -0.15) is 0 Å². The van der Waals surface area contributed by atoms with Crippen LogP contribution in [0.25, 0.3) is 0 Å². The van der Waals surface area contributed by atoms with Crippen molar-refractivity contribution in [3.8, 4) is 0 Å². The van der Waals surface area contributed by atoms with E-state index in [1.54, 1.807) is 0 Å². The van der Waals surface area contributed by atoms with E-state index in [0.717, 1.165) is 77.0 Å². The van der Waals surface area contributed by atoms with Gasteiger partial charge in [-0.25, -0.2) is 0 Å². The Morgan fingerprint density at radius 3 is 1.57 bits per heavy atom. The number of allylic oxidation sites excluding steroid dienone is 9. The molecule has 1 amide bonds. The Morgan fingerprint density at radius 1 is 0.574 bits per heavy atom. The summed E-state index contributed by atoms with van der Waals surface area (Å²) in [5, 5.41) is 23.5. The summed E-state index contributed by atoms with van der Waals surface area (Å²) in [4.78, 5) is 25.9. The maximum Gasteiger partial charge on any atom is 0.306 e. The summed E-state index contributed by atoms with van der Waals surface area (Å²) in [5.74, 6) is -0.634. The van der Waals surface area contributed by atoms with Gasteiger partial charge in [-0.1, -0.05) is 185 Å². The van der Waals surface area contributed by atoms with Crippen molar-refractivity contribution in [3.63, 3.8) is 0 Å². The number of unbranched alkanes of at least 4 members (excludes halogenated alkanes) is 19. The third-order valence-electron chi connectivity index (χ3n) is 9.83. The van der Waals surface area contributed by atoms with E-state index in [4.69, 9.17) is 4.74 Å². The lowest BCUT2D eigenvalue weighted by Gasteiger charge is -2.23. The van der Waals surface area contributed by atoms with Gasteiger partial charge in [-0.15, -0.1) is 0 Å². The first-order valence-electron chi connectivity index (χ1n) is 22.5. The highest BCUT2D eigenvalue weighted by atomic mass is 16.5. The monoisotopic (exact) mass is 756 g/mol. The predicted octanol–water partition coefficient (Wildman–Crippen LogP) is 12.9. The van der Waals surface area contributed by atoms with E-state index in [1.807, 2.05) is 12.2 Å². The second-order valence-electron chi connectivity index (χ2n) is 15.1. The van der Waals surface area contributed by atoms with Crippen LogP contribution < -0.4 is 5.32 Å². The van der Waals surface area contributed by atoms with Crippen molar-refractivity contribution in [2.24, 2.45) is 0 Å². The highest BCUT2D eigenvalue weighted by Crippen LogP contribution is 2.15. The van der Waals surface area contributed by atoms with E-state index in [1.165, 1.54) is 83.5 Å². The van der Waals surface area contributed by atoms with Crippen molar-refractivity contribution in [1.29, 1.82) is 0 Å². The number of hydrogen-bond donors (Lipinski definition) is 3. The zero-order valence-electron chi connectivity index (χ0n) is 35.3. The molecule has 0 aliphatic rings. The number of carbonyl (C=O) groups is 2. The summed E-state index contributed by atoms with van der Waals surface area (Å²) in [6.45, 7) is 6.29. The summed E-state index contributed by atoms with van der Waals surface area (Å²) in [6.07, 6.45) is 50.2. The number of amides is 1. The van der Waals surface area contributed by atoms with Gasteiger partial charge in [0.2, 0.25) is 5.91 Å². The summed E-state index contributed by atoms with van der Waals surface area (Å²) in [6, 6.07) is -0.736. The molecule has 312 valence electrons. The van der Waals surface area contributed by atoms with Crippen molar-refractivity contribution >= 4 is 11.9 Å². The molecule has 0 aromatic carbocycles. The van der Waals surface area contributed by atoms with Gasteiger partial charge in [0.1, 0.15) is 6.10 Å². The number of esters is 1. The molecule has 0 aliphatic heterocycles. The van der Waals surface area contributed by atoms with Crippen LogP contribution in [0.2, 0.25) is 0 Å². The van der Waals surface area contributed by atoms with Crippen LogP contribution in [-0.2, 0) is 14.3 Å². The van der Waals surface area contributed by atoms with Gasteiger partial charge in [-0.05, 0) is 70.3 Å². The molecule has 0 spiro atoms. The van der Waals surface area contributed by atoms with Crippen molar-refractivity contribution in [1.82, 2.24) is 5.32 Å². The standard InChI is InChI=1S/C48H85NO5/c1-4-7-10-13-16-19-22-23-24-26-29-32-35-38-41-48(53)54-44(39-36-33-30-27-25-20-17-14-11-8-5-2)42-47(52)49-45(43-50)46(51)40-37-34-31-28-21-18-15-12-9-6-3/h7,10,16,19,23-24,27,30,36,39,44-46,50-51H,4-6,8-9,11-15,17-18,20-22,25-26,28-29,31-35,37-38,40-43H2,1-3H3,(H,49,52)/b10-7+,19-16+,24-23+,30-27-,39-36+. The highest BCUT2D eigenvalue weighted by Gasteiger charge is 2.23. The average Bonchev–Trinajstić information content (AvgIpc) is 3.16. The van der Waals surface area contributed by atoms with Crippen LogP contribution in [0, 0.1) is 0 Å². The quantitative estimate of drug-likeness (QED) is 0.0330. The van der Waals surface area contributed by atoms with Gasteiger partial charge in [0, 0.05) is 6.42 Å². The number of ether oxygens (including phenoxy) is 1. The van der Waals surface area contributed by atoms with Gasteiger partial charge in [0.05, 0.1) is 25.2 Å². The molecule has 54 heavy (non-hydrogen) atoms. The van der Waals surface area contributed by atoms with Crippen molar-refractivity contribution in [2.75, 3.05) is 6.61 Å². The fraction of sp³-hybridized carbons (Fsp3) is 0.750. The third-order valence-corrected chi connectivity index (χ3v) is 9.83. The number of hydrogen-bond acceptors (Lipinski definition) is 5. The lowest BCUT2D eigenvalue weighted by Crippen LogP contribution is -2.46. The van der Waals surface area contributed by atoms with Gasteiger partial charge in [0.25, 0.3) is 0 Å². The number of nitrogens with one attached hydrogen (secondary N) is 1. The molecule has 6 nitrogen and oxygen atoms in total. The van der Waals surface area contributed by atoms with Crippen LogP contribution in [-0.4, -0.2) is 46.9 Å². The minimum atomic E-state index is -0.813. The molecular formula is C48H85NO5. The molecule has 0 rings (SSSR count). The normalized spacial score (nSPS) is 13.9. The van der Waals surface area contributed by atoms with Crippen LogP contribution in [0.15, 0.2) is 60.8 Å².